The molecule has 2 aromatic heterocycles. The first-order valence-electron chi connectivity index (χ1n) is 20.7. The molecule has 0 spiro atoms. The molecule has 0 aliphatic rings. The van der Waals surface area contributed by atoms with E-state index in [1.807, 2.05) is 18.2 Å². The van der Waals surface area contributed by atoms with Gasteiger partial charge in [0.15, 0.2) is 5.82 Å². The third-order valence-electron chi connectivity index (χ3n) is 12.1. The zero-order valence-corrected chi connectivity index (χ0v) is 33.1. The summed E-state index contributed by atoms with van der Waals surface area (Å²) in [5.74, 6) is 0.694. The van der Waals surface area contributed by atoms with Gasteiger partial charge in [-0.1, -0.05) is 188 Å². The number of para-hydroxylation sites is 1. The Kier molecular flexibility index (Phi) is 8.17. The predicted molar refractivity (Wildman–Crippen MR) is 254 cm³/mol. The molecule has 0 saturated carbocycles. The molecule has 0 aliphatic heterocycles. The average molecular weight is 777 g/mol. The minimum atomic E-state index is 0.694. The van der Waals surface area contributed by atoms with Crippen molar-refractivity contribution < 1.29 is 4.42 Å². The van der Waals surface area contributed by atoms with E-state index >= 15 is 0 Å². The van der Waals surface area contributed by atoms with Crippen LogP contribution in [0.15, 0.2) is 223 Å². The lowest BCUT2D eigenvalue weighted by molar-refractivity contribution is 0.669. The Balaban J connectivity index is 0.856. The molecular formula is C58H36N2O. The van der Waals surface area contributed by atoms with Gasteiger partial charge in [0.05, 0.1) is 11.4 Å². The van der Waals surface area contributed by atoms with Gasteiger partial charge in [-0.3, -0.25) is 0 Å². The predicted octanol–water partition coefficient (Wildman–Crippen LogP) is 15.8. The molecule has 0 N–H and O–H groups in total. The monoisotopic (exact) mass is 776 g/mol. The van der Waals surface area contributed by atoms with Crippen molar-refractivity contribution in [2.45, 2.75) is 0 Å². The van der Waals surface area contributed by atoms with Crippen LogP contribution in [0.4, 0.5) is 0 Å². The molecule has 12 aromatic rings. The van der Waals surface area contributed by atoms with Crippen molar-refractivity contribution in [3.8, 4) is 67.3 Å². The number of rotatable bonds is 6. The highest BCUT2D eigenvalue weighted by molar-refractivity contribution is 6.25. The summed E-state index contributed by atoms with van der Waals surface area (Å²) < 4.78 is 6.17. The van der Waals surface area contributed by atoms with Gasteiger partial charge in [0, 0.05) is 27.5 Å². The Morgan fingerprint density at radius 2 is 0.607 bits per heavy atom. The number of nitrogens with zero attached hydrogens (tertiary/aromatic N) is 2. The van der Waals surface area contributed by atoms with Crippen LogP contribution in [-0.2, 0) is 0 Å². The molecule has 0 amide bonds. The van der Waals surface area contributed by atoms with E-state index in [1.165, 1.54) is 37.9 Å². The smallest absolute Gasteiger partial charge is 0.160 e. The van der Waals surface area contributed by atoms with Gasteiger partial charge in [-0.05, 0) is 96.0 Å². The van der Waals surface area contributed by atoms with Gasteiger partial charge in [0.25, 0.3) is 0 Å². The summed E-state index contributed by atoms with van der Waals surface area (Å²) in [6, 6.07) is 77.5. The molecule has 3 nitrogen and oxygen atoms in total. The molecule has 284 valence electrons. The van der Waals surface area contributed by atoms with E-state index in [2.05, 4.69) is 200 Å². The van der Waals surface area contributed by atoms with Gasteiger partial charge in [-0.25, -0.2) is 9.97 Å². The highest BCUT2D eigenvalue weighted by Crippen LogP contribution is 2.38. The molecule has 2 heterocycles. The molecule has 10 aromatic carbocycles. The minimum absolute atomic E-state index is 0.694. The molecule has 0 fully saturated rings. The first kappa shape index (κ1) is 34.9. The third-order valence-corrected chi connectivity index (χ3v) is 12.1. The zero-order chi connectivity index (χ0) is 40.3. The molecule has 0 atom stereocenters. The number of furan rings is 1. The SMILES string of the molecule is c1ccc(-c2cc(-c3ccc(-c4ccc(-c5ccc6c(c5)oc5ccccc56)cc4)cc3)nc(-c3ccc(-c4ccc5c6ccccc6c6ccccc6c5c4)cc3)n2)cc1. The number of fused-ring (bicyclic) bond motifs is 9. The van der Waals surface area contributed by atoms with Crippen molar-refractivity contribution in [3.63, 3.8) is 0 Å². The summed E-state index contributed by atoms with van der Waals surface area (Å²) in [5, 5.41) is 9.94. The standard InChI is InChI=1S/C58H36N2O/c1-2-10-41(11-3-1)54-36-55(42-26-22-38(23-27-42)37-18-20-40(21-19-37)45-31-33-52-51-16-8-9-17-56(51)61-57(52)35-45)60-58(59-54)43-28-24-39(25-29-43)44-30-32-50-48-14-5-4-12-46(48)47-13-6-7-15-49(47)53(50)34-44/h1-36H. The maximum Gasteiger partial charge on any atom is 0.160 e. The summed E-state index contributed by atoms with van der Waals surface area (Å²) in [5.41, 5.74) is 13.6. The van der Waals surface area contributed by atoms with E-state index in [0.29, 0.717) is 5.82 Å². The van der Waals surface area contributed by atoms with E-state index in [1.54, 1.807) is 0 Å². The Hall–Kier alpha value is -8.14. The van der Waals surface area contributed by atoms with Crippen LogP contribution in [0.25, 0.3) is 122 Å². The molecule has 3 heteroatoms. The fourth-order valence-corrected chi connectivity index (χ4v) is 8.97. The molecule has 0 unspecified atom stereocenters. The van der Waals surface area contributed by atoms with E-state index in [9.17, 15) is 0 Å². The maximum atomic E-state index is 6.17. The number of aromatic nitrogens is 2. The van der Waals surface area contributed by atoms with Gasteiger partial charge in [-0.2, -0.15) is 0 Å². The Morgan fingerprint density at radius 1 is 0.230 bits per heavy atom. The second-order valence-electron chi connectivity index (χ2n) is 15.7. The van der Waals surface area contributed by atoms with E-state index < -0.39 is 0 Å². The van der Waals surface area contributed by atoms with Crippen LogP contribution in [0.3, 0.4) is 0 Å². The summed E-state index contributed by atoms with van der Waals surface area (Å²) in [4.78, 5) is 10.3. The fourth-order valence-electron chi connectivity index (χ4n) is 8.97. The van der Waals surface area contributed by atoms with Crippen molar-refractivity contribution >= 4 is 54.3 Å². The van der Waals surface area contributed by atoms with Gasteiger partial charge in [0.2, 0.25) is 0 Å². The Morgan fingerprint density at radius 3 is 1.20 bits per heavy atom. The zero-order valence-electron chi connectivity index (χ0n) is 33.1. The Bertz CT molecular complexity index is 3570. The van der Waals surface area contributed by atoms with Gasteiger partial charge >= 0.3 is 0 Å². The quantitative estimate of drug-likeness (QED) is 0.158. The van der Waals surface area contributed by atoms with Crippen LogP contribution >= 0.6 is 0 Å². The second kappa shape index (κ2) is 14.3. The van der Waals surface area contributed by atoms with Crippen LogP contribution in [0, 0.1) is 0 Å². The van der Waals surface area contributed by atoms with Crippen LogP contribution < -0.4 is 0 Å². The van der Waals surface area contributed by atoms with E-state index in [0.717, 1.165) is 77.8 Å². The van der Waals surface area contributed by atoms with E-state index in [4.69, 9.17) is 14.4 Å². The van der Waals surface area contributed by atoms with Crippen LogP contribution in [-0.4, -0.2) is 9.97 Å². The average Bonchev–Trinajstić information content (AvgIpc) is 3.72. The van der Waals surface area contributed by atoms with Crippen molar-refractivity contribution in [1.29, 1.82) is 0 Å². The summed E-state index contributed by atoms with van der Waals surface area (Å²) in [6.07, 6.45) is 0. The first-order valence-corrected chi connectivity index (χ1v) is 20.7. The summed E-state index contributed by atoms with van der Waals surface area (Å²) in [7, 11) is 0. The third kappa shape index (κ3) is 6.14. The molecule has 0 aliphatic carbocycles. The van der Waals surface area contributed by atoms with Crippen LogP contribution in [0.5, 0.6) is 0 Å². The first-order chi connectivity index (χ1) is 30.2. The molecular weight excluding hydrogens is 741 g/mol. The van der Waals surface area contributed by atoms with Crippen molar-refractivity contribution in [1.82, 2.24) is 9.97 Å². The van der Waals surface area contributed by atoms with Gasteiger partial charge < -0.3 is 4.42 Å². The largest absolute Gasteiger partial charge is 0.456 e. The number of hydrogen-bond acceptors (Lipinski definition) is 3. The van der Waals surface area contributed by atoms with E-state index in [-0.39, 0.29) is 0 Å². The highest BCUT2D eigenvalue weighted by Gasteiger charge is 2.14. The minimum Gasteiger partial charge on any atom is -0.456 e. The number of benzene rings is 10. The van der Waals surface area contributed by atoms with Gasteiger partial charge in [0.1, 0.15) is 11.2 Å². The maximum absolute atomic E-state index is 6.17. The lowest BCUT2D eigenvalue weighted by Gasteiger charge is -2.13. The molecule has 0 bridgehead atoms. The van der Waals surface area contributed by atoms with Gasteiger partial charge in [-0.15, -0.1) is 0 Å². The topological polar surface area (TPSA) is 38.9 Å². The normalized spacial score (nSPS) is 11.6. The summed E-state index contributed by atoms with van der Waals surface area (Å²) >= 11 is 0. The molecule has 61 heavy (non-hydrogen) atoms. The summed E-state index contributed by atoms with van der Waals surface area (Å²) in [6.45, 7) is 0. The van der Waals surface area contributed by atoms with Crippen LogP contribution in [0.1, 0.15) is 0 Å². The Labute approximate surface area is 352 Å². The van der Waals surface area contributed by atoms with Crippen molar-refractivity contribution in [3.05, 3.63) is 218 Å². The van der Waals surface area contributed by atoms with Crippen molar-refractivity contribution in [2.75, 3.05) is 0 Å². The number of hydrogen-bond donors (Lipinski definition) is 0. The van der Waals surface area contributed by atoms with Crippen LogP contribution in [0.2, 0.25) is 0 Å². The molecule has 0 radical (unpaired) electrons. The lowest BCUT2D eigenvalue weighted by atomic mass is 9.92. The second-order valence-corrected chi connectivity index (χ2v) is 15.7. The lowest BCUT2D eigenvalue weighted by Crippen LogP contribution is -1.96. The molecule has 12 rings (SSSR count). The highest BCUT2D eigenvalue weighted by atomic mass is 16.3. The van der Waals surface area contributed by atoms with Crippen molar-refractivity contribution in [2.24, 2.45) is 0 Å². The molecule has 0 saturated heterocycles. The fraction of sp³-hybridized carbons (Fsp3) is 0.